The largest absolute Gasteiger partial charge is 0.508 e. The lowest BCUT2D eigenvalue weighted by atomic mass is 10.1. The maximum absolute atomic E-state index is 9.14. The van der Waals surface area contributed by atoms with Gasteiger partial charge in [0.25, 0.3) is 0 Å². The van der Waals surface area contributed by atoms with Gasteiger partial charge < -0.3 is 14.6 Å². The minimum absolute atomic E-state index is 0.162. The van der Waals surface area contributed by atoms with Crippen molar-refractivity contribution in [3.8, 4) is 5.75 Å². The van der Waals surface area contributed by atoms with E-state index in [0.29, 0.717) is 19.0 Å². The molecule has 0 aromatic heterocycles. The van der Waals surface area contributed by atoms with Crippen molar-refractivity contribution in [2.75, 3.05) is 19.8 Å². The van der Waals surface area contributed by atoms with Crippen molar-refractivity contribution in [2.45, 2.75) is 32.8 Å². The molecule has 17 heavy (non-hydrogen) atoms. The molecule has 0 unspecified atom stereocenters. The van der Waals surface area contributed by atoms with E-state index in [1.165, 1.54) is 5.56 Å². The predicted molar refractivity (Wildman–Crippen MR) is 68.3 cm³/mol. The van der Waals surface area contributed by atoms with E-state index in [1.807, 2.05) is 19.1 Å². The molecular weight excluding hydrogens is 216 g/mol. The Kier molecular flexibility index (Phi) is 6.67. The average molecular weight is 238 g/mol. The first-order valence-electron chi connectivity index (χ1n) is 6.19. The van der Waals surface area contributed by atoms with Crippen LogP contribution in [-0.2, 0) is 15.9 Å². The van der Waals surface area contributed by atoms with Crippen molar-refractivity contribution in [3.63, 3.8) is 0 Å². The van der Waals surface area contributed by atoms with E-state index in [-0.39, 0.29) is 6.10 Å². The molecule has 0 bridgehead atoms. The van der Waals surface area contributed by atoms with Gasteiger partial charge in [0.05, 0.1) is 19.3 Å². The standard InChI is InChI=1S/C14H22O3/c1-3-9-17-12(2)11-16-10-8-13-4-6-14(15)7-5-13/h4-7,12,15H,3,8-11H2,1-2H3/t12-/m0/s1. The van der Waals surface area contributed by atoms with Gasteiger partial charge in [-0.15, -0.1) is 0 Å². The fraction of sp³-hybridized carbons (Fsp3) is 0.571. The van der Waals surface area contributed by atoms with E-state index in [0.717, 1.165) is 19.4 Å². The lowest BCUT2D eigenvalue weighted by Gasteiger charge is -2.12. The normalized spacial score (nSPS) is 12.6. The van der Waals surface area contributed by atoms with Crippen molar-refractivity contribution in [3.05, 3.63) is 29.8 Å². The molecule has 0 amide bonds. The van der Waals surface area contributed by atoms with E-state index < -0.39 is 0 Å². The quantitative estimate of drug-likeness (QED) is 0.708. The molecule has 0 fully saturated rings. The molecule has 0 spiro atoms. The first-order valence-corrected chi connectivity index (χ1v) is 6.19. The summed E-state index contributed by atoms with van der Waals surface area (Å²) in [7, 11) is 0. The van der Waals surface area contributed by atoms with E-state index in [1.54, 1.807) is 12.1 Å². The Morgan fingerprint density at radius 2 is 1.88 bits per heavy atom. The van der Waals surface area contributed by atoms with Crippen LogP contribution in [0.2, 0.25) is 0 Å². The van der Waals surface area contributed by atoms with Crippen molar-refractivity contribution in [1.29, 1.82) is 0 Å². The third-order valence-corrected chi connectivity index (χ3v) is 2.43. The van der Waals surface area contributed by atoms with Gasteiger partial charge in [-0.2, -0.15) is 0 Å². The molecule has 0 aliphatic rings. The summed E-state index contributed by atoms with van der Waals surface area (Å²) in [6, 6.07) is 7.22. The number of rotatable bonds is 8. The van der Waals surface area contributed by atoms with Crippen LogP contribution in [0.4, 0.5) is 0 Å². The predicted octanol–water partition coefficient (Wildman–Crippen LogP) is 2.77. The van der Waals surface area contributed by atoms with Crippen LogP contribution in [0.3, 0.4) is 0 Å². The second-order valence-corrected chi connectivity index (χ2v) is 4.17. The zero-order chi connectivity index (χ0) is 12.5. The van der Waals surface area contributed by atoms with Gasteiger partial charge in [-0.1, -0.05) is 19.1 Å². The van der Waals surface area contributed by atoms with Crippen LogP contribution in [-0.4, -0.2) is 31.0 Å². The van der Waals surface area contributed by atoms with Gasteiger partial charge >= 0.3 is 0 Å². The van der Waals surface area contributed by atoms with Crippen LogP contribution in [0.5, 0.6) is 5.75 Å². The third-order valence-electron chi connectivity index (χ3n) is 2.43. The topological polar surface area (TPSA) is 38.7 Å². The second kappa shape index (κ2) is 8.09. The molecule has 0 heterocycles. The maximum Gasteiger partial charge on any atom is 0.115 e. The highest BCUT2D eigenvalue weighted by Crippen LogP contribution is 2.10. The summed E-state index contributed by atoms with van der Waals surface area (Å²) in [5, 5.41) is 9.14. The summed E-state index contributed by atoms with van der Waals surface area (Å²) in [6.07, 6.45) is 2.06. The highest BCUT2D eigenvalue weighted by molar-refractivity contribution is 5.25. The number of hydrogen-bond acceptors (Lipinski definition) is 3. The lowest BCUT2D eigenvalue weighted by Crippen LogP contribution is -2.17. The maximum atomic E-state index is 9.14. The molecule has 0 aliphatic carbocycles. The smallest absolute Gasteiger partial charge is 0.115 e. The SMILES string of the molecule is CCCO[C@@H](C)COCCc1ccc(O)cc1. The fourth-order valence-corrected chi connectivity index (χ4v) is 1.47. The summed E-state index contributed by atoms with van der Waals surface area (Å²) < 4.78 is 11.0. The van der Waals surface area contributed by atoms with Crippen LogP contribution >= 0.6 is 0 Å². The first-order chi connectivity index (χ1) is 8.22. The Balaban J connectivity index is 2.09. The Bertz CT molecular complexity index is 295. The second-order valence-electron chi connectivity index (χ2n) is 4.17. The number of phenolic OH excluding ortho intramolecular Hbond substituents is 1. The van der Waals surface area contributed by atoms with Gasteiger partial charge in [-0.25, -0.2) is 0 Å². The van der Waals surface area contributed by atoms with Crippen molar-refractivity contribution < 1.29 is 14.6 Å². The lowest BCUT2D eigenvalue weighted by molar-refractivity contribution is -0.00554. The molecule has 1 atom stereocenters. The van der Waals surface area contributed by atoms with Crippen molar-refractivity contribution in [2.24, 2.45) is 0 Å². The summed E-state index contributed by atoms with van der Waals surface area (Å²) in [6.45, 7) is 6.24. The molecule has 1 aromatic rings. The molecule has 0 aliphatic heterocycles. The molecule has 1 N–H and O–H groups in total. The van der Waals surface area contributed by atoms with E-state index >= 15 is 0 Å². The zero-order valence-electron chi connectivity index (χ0n) is 10.7. The van der Waals surface area contributed by atoms with E-state index in [2.05, 4.69) is 6.92 Å². The fourth-order valence-electron chi connectivity index (χ4n) is 1.47. The Labute approximate surface area is 103 Å². The average Bonchev–Trinajstić information content (AvgIpc) is 2.34. The number of benzene rings is 1. The van der Waals surface area contributed by atoms with Crippen LogP contribution in [0.15, 0.2) is 24.3 Å². The summed E-state index contributed by atoms with van der Waals surface area (Å²) in [5.74, 6) is 0.302. The molecule has 96 valence electrons. The van der Waals surface area contributed by atoms with Gasteiger partial charge in [0.15, 0.2) is 0 Å². The van der Waals surface area contributed by atoms with Gasteiger partial charge in [0.1, 0.15) is 5.75 Å². The minimum Gasteiger partial charge on any atom is -0.508 e. The Morgan fingerprint density at radius 1 is 1.18 bits per heavy atom. The summed E-state index contributed by atoms with van der Waals surface area (Å²) in [4.78, 5) is 0. The number of ether oxygens (including phenoxy) is 2. The number of aromatic hydroxyl groups is 1. The van der Waals surface area contributed by atoms with Crippen molar-refractivity contribution in [1.82, 2.24) is 0 Å². The Hall–Kier alpha value is -1.06. The van der Waals surface area contributed by atoms with Crippen LogP contribution in [0, 0.1) is 0 Å². The molecular formula is C14H22O3. The molecule has 0 saturated carbocycles. The number of hydrogen-bond donors (Lipinski definition) is 1. The van der Waals surface area contributed by atoms with Crippen LogP contribution < -0.4 is 0 Å². The first kappa shape index (κ1) is 14.0. The number of phenols is 1. The van der Waals surface area contributed by atoms with Crippen LogP contribution in [0.1, 0.15) is 25.8 Å². The molecule has 3 heteroatoms. The Morgan fingerprint density at radius 3 is 2.53 bits per heavy atom. The summed E-state index contributed by atoms with van der Waals surface area (Å²) >= 11 is 0. The third kappa shape index (κ3) is 6.29. The van der Waals surface area contributed by atoms with Crippen molar-refractivity contribution >= 4 is 0 Å². The summed E-state index contributed by atoms with van der Waals surface area (Å²) in [5.41, 5.74) is 1.17. The molecule has 0 saturated heterocycles. The van der Waals surface area contributed by atoms with Gasteiger partial charge in [0, 0.05) is 6.61 Å². The highest BCUT2D eigenvalue weighted by atomic mass is 16.5. The van der Waals surface area contributed by atoms with Crippen LogP contribution in [0.25, 0.3) is 0 Å². The van der Waals surface area contributed by atoms with E-state index in [4.69, 9.17) is 14.6 Å². The van der Waals surface area contributed by atoms with Gasteiger partial charge in [-0.3, -0.25) is 0 Å². The highest BCUT2D eigenvalue weighted by Gasteiger charge is 2.01. The molecule has 1 aromatic carbocycles. The minimum atomic E-state index is 0.162. The van der Waals surface area contributed by atoms with E-state index in [9.17, 15) is 0 Å². The van der Waals surface area contributed by atoms with Gasteiger partial charge in [-0.05, 0) is 37.5 Å². The molecule has 0 radical (unpaired) electrons. The molecule has 3 nitrogen and oxygen atoms in total. The monoisotopic (exact) mass is 238 g/mol. The molecule has 1 rings (SSSR count). The zero-order valence-corrected chi connectivity index (χ0v) is 10.7. The van der Waals surface area contributed by atoms with Gasteiger partial charge in [0.2, 0.25) is 0 Å².